The SMILES string of the molecule is COC(=O)c1oc(CSc2ccc(N)cc2Br)cc1C. The average molecular weight is 356 g/mol. The maximum atomic E-state index is 11.5. The number of halogens is 1. The molecule has 4 nitrogen and oxygen atoms in total. The molecule has 6 heteroatoms. The fraction of sp³-hybridized carbons (Fsp3) is 0.214. The number of methoxy groups -OCH3 is 1. The number of furan rings is 1. The lowest BCUT2D eigenvalue weighted by atomic mass is 10.3. The first kappa shape index (κ1) is 15.0. The Morgan fingerprint density at radius 3 is 2.85 bits per heavy atom. The molecule has 0 aliphatic heterocycles. The average Bonchev–Trinajstić information content (AvgIpc) is 2.78. The van der Waals surface area contributed by atoms with Gasteiger partial charge in [-0.15, -0.1) is 11.8 Å². The molecule has 0 radical (unpaired) electrons. The van der Waals surface area contributed by atoms with Crippen LogP contribution in [0.5, 0.6) is 0 Å². The molecule has 0 saturated heterocycles. The largest absolute Gasteiger partial charge is 0.463 e. The first-order valence-corrected chi connectivity index (χ1v) is 7.64. The van der Waals surface area contributed by atoms with Crippen LogP contribution in [0.25, 0.3) is 0 Å². The summed E-state index contributed by atoms with van der Waals surface area (Å²) in [5, 5.41) is 0. The van der Waals surface area contributed by atoms with Crippen LogP contribution in [0.3, 0.4) is 0 Å². The highest BCUT2D eigenvalue weighted by Crippen LogP contribution is 2.32. The molecule has 0 aliphatic rings. The van der Waals surface area contributed by atoms with Crippen LogP contribution in [-0.2, 0) is 10.5 Å². The standard InChI is InChI=1S/C14H14BrNO3S/c1-8-5-10(19-13(8)14(17)18-2)7-20-12-4-3-9(16)6-11(12)15/h3-6H,7,16H2,1-2H3. The molecule has 2 N–H and O–H groups in total. The zero-order valence-electron chi connectivity index (χ0n) is 11.1. The van der Waals surface area contributed by atoms with Crippen LogP contribution < -0.4 is 5.73 Å². The van der Waals surface area contributed by atoms with Crippen LogP contribution in [0, 0.1) is 6.92 Å². The highest BCUT2D eigenvalue weighted by atomic mass is 79.9. The van der Waals surface area contributed by atoms with E-state index in [4.69, 9.17) is 10.2 Å². The van der Waals surface area contributed by atoms with Crippen molar-refractivity contribution in [3.8, 4) is 0 Å². The third kappa shape index (κ3) is 3.37. The molecule has 0 atom stereocenters. The lowest BCUT2D eigenvalue weighted by Crippen LogP contribution is -2.00. The van der Waals surface area contributed by atoms with E-state index in [1.807, 2.05) is 31.2 Å². The molecular weight excluding hydrogens is 342 g/mol. The fourth-order valence-corrected chi connectivity index (χ4v) is 3.24. The number of esters is 1. The van der Waals surface area contributed by atoms with Crippen molar-refractivity contribution < 1.29 is 13.9 Å². The number of ether oxygens (including phenoxy) is 1. The van der Waals surface area contributed by atoms with E-state index in [1.54, 1.807) is 11.8 Å². The Morgan fingerprint density at radius 2 is 2.20 bits per heavy atom. The van der Waals surface area contributed by atoms with Gasteiger partial charge in [0.05, 0.1) is 12.9 Å². The van der Waals surface area contributed by atoms with Gasteiger partial charge in [0.2, 0.25) is 5.76 Å². The number of hydrogen-bond acceptors (Lipinski definition) is 5. The van der Waals surface area contributed by atoms with Crippen LogP contribution in [0.2, 0.25) is 0 Å². The minimum Gasteiger partial charge on any atom is -0.463 e. The first-order chi connectivity index (χ1) is 9.51. The summed E-state index contributed by atoms with van der Waals surface area (Å²) < 4.78 is 11.1. The molecule has 0 saturated carbocycles. The van der Waals surface area contributed by atoms with Gasteiger partial charge in [-0.2, -0.15) is 0 Å². The predicted molar refractivity (Wildman–Crippen MR) is 82.9 cm³/mol. The lowest BCUT2D eigenvalue weighted by molar-refractivity contribution is 0.0562. The summed E-state index contributed by atoms with van der Waals surface area (Å²) in [6.07, 6.45) is 0. The zero-order valence-corrected chi connectivity index (χ0v) is 13.5. The summed E-state index contributed by atoms with van der Waals surface area (Å²) in [5.41, 5.74) is 7.19. The smallest absolute Gasteiger partial charge is 0.374 e. The van der Waals surface area contributed by atoms with Crippen LogP contribution >= 0.6 is 27.7 Å². The highest BCUT2D eigenvalue weighted by Gasteiger charge is 2.16. The van der Waals surface area contributed by atoms with Crippen LogP contribution in [0.15, 0.2) is 38.1 Å². The summed E-state index contributed by atoms with van der Waals surface area (Å²) in [7, 11) is 1.34. The van der Waals surface area contributed by atoms with Gasteiger partial charge >= 0.3 is 5.97 Å². The highest BCUT2D eigenvalue weighted by molar-refractivity contribution is 9.10. The van der Waals surface area contributed by atoms with Crippen LogP contribution in [-0.4, -0.2) is 13.1 Å². The molecule has 0 fully saturated rings. The van der Waals surface area contributed by atoms with Gasteiger partial charge in [0.25, 0.3) is 0 Å². The number of nitrogen functional groups attached to an aromatic ring is 1. The molecule has 20 heavy (non-hydrogen) atoms. The topological polar surface area (TPSA) is 65.5 Å². The molecule has 2 rings (SSSR count). The van der Waals surface area contributed by atoms with Crippen molar-refractivity contribution >= 4 is 39.3 Å². The number of carbonyl (C=O) groups is 1. The number of rotatable bonds is 4. The third-order valence-electron chi connectivity index (χ3n) is 2.67. The number of hydrogen-bond donors (Lipinski definition) is 1. The normalized spacial score (nSPS) is 10.6. The van der Waals surface area contributed by atoms with Gasteiger partial charge in [-0.05, 0) is 47.1 Å². The van der Waals surface area contributed by atoms with Crippen molar-refractivity contribution in [2.75, 3.05) is 12.8 Å². The Hall–Kier alpha value is -1.40. The second-order valence-corrected chi connectivity index (χ2v) is 6.07. The van der Waals surface area contributed by atoms with Gasteiger partial charge < -0.3 is 14.9 Å². The molecule has 106 valence electrons. The summed E-state index contributed by atoms with van der Waals surface area (Å²) >= 11 is 5.07. The van der Waals surface area contributed by atoms with Gasteiger partial charge in [0.15, 0.2) is 0 Å². The number of thioether (sulfide) groups is 1. The lowest BCUT2D eigenvalue weighted by Gasteiger charge is -2.03. The van der Waals surface area contributed by atoms with E-state index in [-0.39, 0.29) is 5.76 Å². The first-order valence-electron chi connectivity index (χ1n) is 5.86. The second kappa shape index (κ2) is 6.37. The maximum absolute atomic E-state index is 11.5. The fourth-order valence-electron chi connectivity index (χ4n) is 1.70. The number of nitrogens with two attached hydrogens (primary N) is 1. The van der Waals surface area contributed by atoms with E-state index in [9.17, 15) is 4.79 Å². The van der Waals surface area contributed by atoms with Crippen molar-refractivity contribution in [3.63, 3.8) is 0 Å². The molecule has 2 aromatic rings. The van der Waals surface area contributed by atoms with Crippen molar-refractivity contribution in [2.24, 2.45) is 0 Å². The van der Waals surface area contributed by atoms with Crippen LogP contribution in [0.4, 0.5) is 5.69 Å². The van der Waals surface area contributed by atoms with Crippen molar-refractivity contribution in [1.29, 1.82) is 0 Å². The Bertz CT molecular complexity index is 639. The van der Waals surface area contributed by atoms with E-state index in [0.717, 1.165) is 20.7 Å². The van der Waals surface area contributed by atoms with Gasteiger partial charge in [0.1, 0.15) is 5.76 Å². The number of carbonyl (C=O) groups excluding carboxylic acids is 1. The van der Waals surface area contributed by atoms with Gasteiger partial charge in [-0.1, -0.05) is 0 Å². The number of aryl methyl sites for hydroxylation is 1. The molecule has 0 unspecified atom stereocenters. The Labute approximate surface area is 129 Å². The van der Waals surface area contributed by atoms with Crippen molar-refractivity contribution in [3.05, 3.63) is 45.8 Å². The van der Waals surface area contributed by atoms with E-state index in [2.05, 4.69) is 20.7 Å². The molecule has 0 spiro atoms. The number of benzene rings is 1. The molecule has 0 bridgehead atoms. The summed E-state index contributed by atoms with van der Waals surface area (Å²) in [6, 6.07) is 7.50. The van der Waals surface area contributed by atoms with Crippen molar-refractivity contribution in [2.45, 2.75) is 17.6 Å². The predicted octanol–water partition coefficient (Wildman–Crippen LogP) is 4.01. The molecule has 1 heterocycles. The van der Waals surface area contributed by atoms with Gasteiger partial charge in [-0.25, -0.2) is 4.79 Å². The minimum atomic E-state index is -0.451. The summed E-state index contributed by atoms with van der Waals surface area (Å²) in [4.78, 5) is 12.5. The van der Waals surface area contributed by atoms with E-state index in [1.165, 1.54) is 7.11 Å². The molecule has 0 aliphatic carbocycles. The zero-order chi connectivity index (χ0) is 14.7. The summed E-state index contributed by atoms with van der Waals surface area (Å²) in [6.45, 7) is 1.82. The second-order valence-electron chi connectivity index (χ2n) is 4.19. The Morgan fingerprint density at radius 1 is 1.45 bits per heavy atom. The maximum Gasteiger partial charge on any atom is 0.374 e. The van der Waals surface area contributed by atoms with E-state index < -0.39 is 5.97 Å². The quantitative estimate of drug-likeness (QED) is 0.509. The van der Waals surface area contributed by atoms with Gasteiger partial charge in [0, 0.05) is 20.6 Å². The van der Waals surface area contributed by atoms with E-state index in [0.29, 0.717) is 11.4 Å². The molecule has 0 amide bonds. The van der Waals surface area contributed by atoms with Crippen molar-refractivity contribution in [1.82, 2.24) is 0 Å². The molecule has 1 aromatic carbocycles. The van der Waals surface area contributed by atoms with Crippen LogP contribution in [0.1, 0.15) is 21.9 Å². The molecule has 1 aromatic heterocycles. The molecular formula is C14H14BrNO3S. The monoisotopic (exact) mass is 355 g/mol. The third-order valence-corrected chi connectivity index (χ3v) is 4.68. The summed E-state index contributed by atoms with van der Waals surface area (Å²) in [5.74, 6) is 1.17. The Balaban J connectivity index is 2.09. The van der Waals surface area contributed by atoms with Gasteiger partial charge in [-0.3, -0.25) is 0 Å². The van der Waals surface area contributed by atoms with E-state index >= 15 is 0 Å². The number of anilines is 1. The minimum absolute atomic E-state index is 0.263. The Kier molecular flexibility index (Phi) is 4.77.